The van der Waals surface area contributed by atoms with E-state index in [1.165, 1.54) is 24.4 Å². The Morgan fingerprint density at radius 3 is 2.20 bits per heavy atom. The van der Waals surface area contributed by atoms with Crippen LogP contribution in [0.5, 0.6) is 0 Å². The molecule has 2 heterocycles. The van der Waals surface area contributed by atoms with Crippen LogP contribution in [0.15, 0.2) is 36.7 Å². The van der Waals surface area contributed by atoms with E-state index in [4.69, 9.17) is 9.57 Å². The summed E-state index contributed by atoms with van der Waals surface area (Å²) < 4.78 is 5.49. The van der Waals surface area contributed by atoms with E-state index in [0.717, 1.165) is 70.3 Å². The molecule has 1 unspecified atom stereocenters. The number of hydrogen-bond acceptors (Lipinski definition) is 9. The van der Waals surface area contributed by atoms with E-state index in [9.17, 15) is 14.7 Å². The van der Waals surface area contributed by atoms with Gasteiger partial charge in [-0.2, -0.15) is 0 Å². The molecule has 44 heavy (non-hydrogen) atoms. The lowest BCUT2D eigenvalue weighted by Crippen LogP contribution is -2.43. The minimum atomic E-state index is -0.738. The van der Waals surface area contributed by atoms with Crippen molar-refractivity contribution in [1.82, 2.24) is 26.1 Å². The number of carboxylic acid groups (broad SMARTS) is 1. The van der Waals surface area contributed by atoms with E-state index in [1.54, 1.807) is 6.92 Å². The highest BCUT2D eigenvalue weighted by molar-refractivity contribution is 5.92. The third kappa shape index (κ3) is 10.8. The number of hydroxylamine groups is 1. The van der Waals surface area contributed by atoms with Gasteiger partial charge in [0.25, 0.3) is 5.91 Å². The number of aromatic nitrogens is 2. The molecule has 0 bridgehead atoms. The molecule has 1 aliphatic carbocycles. The van der Waals surface area contributed by atoms with Crippen molar-refractivity contribution in [2.45, 2.75) is 91.1 Å². The zero-order valence-corrected chi connectivity index (χ0v) is 26.5. The van der Waals surface area contributed by atoms with Crippen LogP contribution in [0, 0.1) is 17.8 Å². The molecule has 1 saturated heterocycles. The van der Waals surface area contributed by atoms with E-state index in [0.29, 0.717) is 36.5 Å². The van der Waals surface area contributed by atoms with Crippen LogP contribution in [-0.4, -0.2) is 65.5 Å². The maximum Gasteiger partial charge on any atom is 0.320 e. The fourth-order valence-corrected chi connectivity index (χ4v) is 5.84. The maximum atomic E-state index is 12.4. The predicted octanol–water partition coefficient (Wildman–Crippen LogP) is 4.29. The summed E-state index contributed by atoms with van der Waals surface area (Å²) in [5, 5.41) is 16.6. The lowest BCUT2D eigenvalue weighted by Gasteiger charge is -2.32. The average Bonchev–Trinajstić information content (AvgIpc) is 3.04. The lowest BCUT2D eigenvalue weighted by molar-refractivity contribution is -0.163. The lowest BCUT2D eigenvalue weighted by atomic mass is 9.84. The molecule has 1 saturated carbocycles. The Labute approximate surface area is 261 Å². The molecule has 1 aliphatic heterocycles. The van der Waals surface area contributed by atoms with Crippen LogP contribution >= 0.6 is 0 Å². The number of hydrogen-bond donors (Lipinski definition) is 4. The standard InChI is InChI=1S/C33H50N6O5/c1-23(2)22-43-24(3)44-38-31(40)29-20-36-33(37-21-29)39-15-13-27(14-16-39)18-34-17-25-9-11-26(12-10-25)19-35-30(32(41)42)28-7-5-4-6-8-28/h9-12,20-21,23-24,27-28,30,34-35H,4-8,13-19,22H2,1-3H3,(H,38,40)(H,41,42)/t24?,30-/m0/s1. The van der Waals surface area contributed by atoms with E-state index in [1.807, 2.05) is 13.8 Å². The second-order valence-corrected chi connectivity index (χ2v) is 12.6. The van der Waals surface area contributed by atoms with Crippen LogP contribution in [-0.2, 0) is 27.5 Å². The number of amides is 1. The molecule has 2 aromatic rings. The molecule has 2 aliphatic rings. The molecule has 1 amide bonds. The number of nitrogens with zero attached hydrogens (tertiary/aromatic N) is 3. The van der Waals surface area contributed by atoms with Gasteiger partial charge in [-0.1, -0.05) is 57.4 Å². The number of carbonyl (C=O) groups excluding carboxylic acids is 1. The van der Waals surface area contributed by atoms with Crippen molar-refractivity contribution in [2.75, 3.05) is 31.1 Å². The van der Waals surface area contributed by atoms with E-state index < -0.39 is 24.2 Å². The van der Waals surface area contributed by atoms with Gasteiger partial charge in [0.2, 0.25) is 5.95 Å². The first kappa shape index (κ1) is 33.8. The fraction of sp³-hybridized carbons (Fsp3) is 0.636. The minimum absolute atomic E-state index is 0.229. The second-order valence-electron chi connectivity index (χ2n) is 12.6. The highest BCUT2D eigenvalue weighted by Crippen LogP contribution is 2.27. The molecular formula is C33H50N6O5. The number of carbonyl (C=O) groups is 2. The van der Waals surface area contributed by atoms with Crippen LogP contribution < -0.4 is 21.0 Å². The van der Waals surface area contributed by atoms with Gasteiger partial charge in [-0.25, -0.2) is 20.3 Å². The number of piperidine rings is 1. The van der Waals surface area contributed by atoms with Gasteiger partial charge >= 0.3 is 5.97 Å². The van der Waals surface area contributed by atoms with Crippen LogP contribution in [0.4, 0.5) is 5.95 Å². The van der Waals surface area contributed by atoms with Gasteiger partial charge < -0.3 is 25.4 Å². The number of aliphatic carboxylic acids is 1. The third-order valence-electron chi connectivity index (χ3n) is 8.48. The summed E-state index contributed by atoms with van der Waals surface area (Å²) in [6.45, 7) is 10.4. The van der Waals surface area contributed by atoms with Crippen LogP contribution in [0.2, 0.25) is 0 Å². The summed E-state index contributed by atoms with van der Waals surface area (Å²) in [7, 11) is 0. The molecule has 4 N–H and O–H groups in total. The number of carboxylic acids is 1. The molecular weight excluding hydrogens is 560 g/mol. The average molecular weight is 611 g/mol. The summed E-state index contributed by atoms with van der Waals surface area (Å²) in [6, 6.07) is 7.96. The fourth-order valence-electron chi connectivity index (χ4n) is 5.84. The van der Waals surface area contributed by atoms with Crippen molar-refractivity contribution in [1.29, 1.82) is 0 Å². The molecule has 2 atom stereocenters. The number of rotatable bonds is 16. The van der Waals surface area contributed by atoms with Gasteiger partial charge in [0, 0.05) is 38.6 Å². The van der Waals surface area contributed by atoms with E-state index in [-0.39, 0.29) is 5.92 Å². The van der Waals surface area contributed by atoms with Gasteiger partial charge in [0.1, 0.15) is 6.04 Å². The molecule has 11 heteroatoms. The van der Waals surface area contributed by atoms with Crippen molar-refractivity contribution >= 4 is 17.8 Å². The highest BCUT2D eigenvalue weighted by Gasteiger charge is 2.28. The predicted molar refractivity (Wildman–Crippen MR) is 169 cm³/mol. The Balaban J connectivity index is 1.12. The molecule has 0 spiro atoms. The van der Waals surface area contributed by atoms with Crippen molar-refractivity contribution in [3.8, 4) is 0 Å². The normalized spacial score (nSPS) is 17.9. The van der Waals surface area contributed by atoms with Crippen LogP contribution in [0.25, 0.3) is 0 Å². The molecule has 1 aromatic carbocycles. The molecule has 11 nitrogen and oxygen atoms in total. The van der Waals surface area contributed by atoms with Gasteiger partial charge in [0.05, 0.1) is 12.2 Å². The summed E-state index contributed by atoms with van der Waals surface area (Å²) in [5.74, 6) is 0.666. The number of nitrogens with one attached hydrogen (secondary N) is 3. The van der Waals surface area contributed by atoms with Crippen molar-refractivity contribution < 1.29 is 24.3 Å². The van der Waals surface area contributed by atoms with Crippen molar-refractivity contribution in [3.63, 3.8) is 0 Å². The Kier molecular flexibility index (Phi) is 13.3. The van der Waals surface area contributed by atoms with Crippen molar-refractivity contribution in [3.05, 3.63) is 53.3 Å². The molecule has 2 fully saturated rings. The smallest absolute Gasteiger partial charge is 0.320 e. The quantitative estimate of drug-likeness (QED) is 0.161. The molecule has 0 radical (unpaired) electrons. The highest BCUT2D eigenvalue weighted by atomic mass is 16.8. The van der Waals surface area contributed by atoms with E-state index in [2.05, 4.69) is 55.2 Å². The zero-order chi connectivity index (χ0) is 31.3. The van der Waals surface area contributed by atoms with Gasteiger partial charge in [0.15, 0.2) is 6.29 Å². The first-order valence-electron chi connectivity index (χ1n) is 16.2. The number of benzene rings is 1. The summed E-state index contributed by atoms with van der Waals surface area (Å²) >= 11 is 0. The summed E-state index contributed by atoms with van der Waals surface area (Å²) in [6.07, 6.45) is 10.1. The zero-order valence-electron chi connectivity index (χ0n) is 26.5. The molecule has 1 aromatic heterocycles. The van der Waals surface area contributed by atoms with Crippen LogP contribution in [0.3, 0.4) is 0 Å². The molecule has 242 valence electrons. The second kappa shape index (κ2) is 17.4. The molecule has 4 rings (SSSR count). The largest absolute Gasteiger partial charge is 0.480 e. The van der Waals surface area contributed by atoms with Gasteiger partial charge in [-0.05, 0) is 68.0 Å². The number of ether oxygens (including phenoxy) is 1. The Morgan fingerprint density at radius 1 is 0.955 bits per heavy atom. The van der Waals surface area contributed by atoms with E-state index >= 15 is 0 Å². The SMILES string of the molecule is CC(C)COC(C)ONC(=O)c1cnc(N2CCC(CNCc3ccc(CN[C@H](C(=O)O)C4CCCCC4)cc3)CC2)nc1. The minimum Gasteiger partial charge on any atom is -0.480 e. The Hall–Kier alpha value is -3.12. The third-order valence-corrected chi connectivity index (χ3v) is 8.48. The number of anilines is 1. The first-order chi connectivity index (χ1) is 21.3. The Bertz CT molecular complexity index is 1150. The maximum absolute atomic E-state index is 12.4. The van der Waals surface area contributed by atoms with Gasteiger partial charge in [-0.3, -0.25) is 9.59 Å². The monoisotopic (exact) mass is 610 g/mol. The Morgan fingerprint density at radius 2 is 1.59 bits per heavy atom. The topological polar surface area (TPSA) is 138 Å². The summed E-state index contributed by atoms with van der Waals surface area (Å²) in [4.78, 5) is 40.4. The van der Waals surface area contributed by atoms with Crippen LogP contribution in [0.1, 0.15) is 87.2 Å². The van der Waals surface area contributed by atoms with Gasteiger partial charge in [-0.15, -0.1) is 0 Å². The van der Waals surface area contributed by atoms with Crippen molar-refractivity contribution in [2.24, 2.45) is 17.8 Å². The summed E-state index contributed by atoms with van der Waals surface area (Å²) in [5.41, 5.74) is 5.05. The first-order valence-corrected chi connectivity index (χ1v) is 16.2.